The summed E-state index contributed by atoms with van der Waals surface area (Å²) in [6.07, 6.45) is -0.754. The van der Waals surface area contributed by atoms with E-state index in [-0.39, 0.29) is 19.5 Å². The Balaban J connectivity index is 2.89. The number of carbonyl (C=O) groups is 2. The maximum absolute atomic E-state index is 12.2. The van der Waals surface area contributed by atoms with Gasteiger partial charge in [-0.2, -0.15) is 0 Å². The number of halogens is 1. The van der Waals surface area contributed by atoms with Crippen LogP contribution in [0.15, 0.2) is 18.2 Å². The number of nitrogen functional groups attached to an aromatic ring is 1. The molecule has 0 saturated heterocycles. The molecule has 1 amide bonds. The maximum Gasteiger partial charge on any atom is 0.410 e. The minimum Gasteiger partial charge on any atom is -0.481 e. The van der Waals surface area contributed by atoms with Gasteiger partial charge in [-0.3, -0.25) is 4.79 Å². The summed E-state index contributed by atoms with van der Waals surface area (Å²) >= 11 is 5.84. The molecule has 0 bridgehead atoms. The van der Waals surface area contributed by atoms with Crippen molar-refractivity contribution in [2.45, 2.75) is 39.3 Å². The van der Waals surface area contributed by atoms with Crippen LogP contribution in [-0.4, -0.2) is 34.2 Å². The lowest BCUT2D eigenvalue weighted by atomic mass is 10.1. The molecule has 0 aliphatic heterocycles. The van der Waals surface area contributed by atoms with Gasteiger partial charge in [-0.1, -0.05) is 17.7 Å². The van der Waals surface area contributed by atoms with Crippen molar-refractivity contribution in [3.05, 3.63) is 28.8 Å². The van der Waals surface area contributed by atoms with Gasteiger partial charge < -0.3 is 20.5 Å². The third-order valence-electron chi connectivity index (χ3n) is 2.72. The second-order valence-corrected chi connectivity index (χ2v) is 6.33. The number of ether oxygens (including phenoxy) is 1. The summed E-state index contributed by atoms with van der Waals surface area (Å²) in [5.74, 6) is -0.988. The highest BCUT2D eigenvalue weighted by Crippen LogP contribution is 2.21. The zero-order valence-electron chi connectivity index (χ0n) is 12.9. The Morgan fingerprint density at radius 3 is 2.50 bits per heavy atom. The van der Waals surface area contributed by atoms with Gasteiger partial charge in [-0.25, -0.2) is 4.79 Å². The predicted octanol–water partition coefficient (Wildman–Crippen LogP) is 3.13. The van der Waals surface area contributed by atoms with Crippen molar-refractivity contribution in [2.75, 3.05) is 12.3 Å². The number of carbonyl (C=O) groups excluding carboxylic acids is 1. The first-order valence-electron chi connectivity index (χ1n) is 6.82. The Kier molecular flexibility index (Phi) is 6.05. The third kappa shape index (κ3) is 6.22. The van der Waals surface area contributed by atoms with Crippen LogP contribution in [0.25, 0.3) is 0 Å². The number of hydrogen-bond acceptors (Lipinski definition) is 4. The molecular weight excluding hydrogens is 308 g/mol. The van der Waals surface area contributed by atoms with Gasteiger partial charge in [0.25, 0.3) is 0 Å². The van der Waals surface area contributed by atoms with Gasteiger partial charge in [0.1, 0.15) is 5.60 Å². The Labute approximate surface area is 134 Å². The van der Waals surface area contributed by atoms with E-state index in [4.69, 9.17) is 27.2 Å². The smallest absolute Gasteiger partial charge is 0.410 e. The molecular formula is C15H21ClN2O4. The minimum atomic E-state index is -0.988. The highest BCUT2D eigenvalue weighted by atomic mass is 35.5. The van der Waals surface area contributed by atoms with Gasteiger partial charge in [0.05, 0.1) is 13.0 Å². The molecule has 1 aromatic rings. The molecule has 7 heteroatoms. The van der Waals surface area contributed by atoms with Gasteiger partial charge >= 0.3 is 12.1 Å². The van der Waals surface area contributed by atoms with E-state index in [9.17, 15) is 9.59 Å². The summed E-state index contributed by atoms with van der Waals surface area (Å²) in [4.78, 5) is 24.3. The van der Waals surface area contributed by atoms with E-state index >= 15 is 0 Å². The highest BCUT2D eigenvalue weighted by molar-refractivity contribution is 6.30. The molecule has 0 heterocycles. The summed E-state index contributed by atoms with van der Waals surface area (Å²) in [6.45, 7) is 5.43. The van der Waals surface area contributed by atoms with Crippen molar-refractivity contribution in [2.24, 2.45) is 0 Å². The van der Waals surface area contributed by atoms with Gasteiger partial charge in [-0.05, 0) is 38.5 Å². The lowest BCUT2D eigenvalue weighted by molar-refractivity contribution is -0.137. The van der Waals surface area contributed by atoms with Gasteiger partial charge in [0.2, 0.25) is 0 Å². The molecule has 0 saturated carbocycles. The van der Waals surface area contributed by atoms with Crippen LogP contribution < -0.4 is 5.73 Å². The summed E-state index contributed by atoms with van der Waals surface area (Å²) in [6, 6.07) is 4.95. The quantitative estimate of drug-likeness (QED) is 0.810. The van der Waals surface area contributed by atoms with Crippen molar-refractivity contribution in [3.8, 4) is 0 Å². The molecule has 1 rings (SSSR count). The van der Waals surface area contributed by atoms with Crippen molar-refractivity contribution in [1.82, 2.24) is 4.90 Å². The zero-order chi connectivity index (χ0) is 16.9. The number of carboxylic acid groups (broad SMARTS) is 1. The summed E-state index contributed by atoms with van der Waals surface area (Å²) in [7, 11) is 0. The maximum atomic E-state index is 12.2. The number of nitrogens with two attached hydrogens (primary N) is 1. The molecule has 0 aliphatic rings. The molecule has 6 nitrogen and oxygen atoms in total. The van der Waals surface area contributed by atoms with Crippen molar-refractivity contribution < 1.29 is 19.4 Å². The van der Waals surface area contributed by atoms with Crippen LogP contribution in [0.3, 0.4) is 0 Å². The van der Waals surface area contributed by atoms with Gasteiger partial charge in [0.15, 0.2) is 0 Å². The third-order valence-corrected chi connectivity index (χ3v) is 2.95. The van der Waals surface area contributed by atoms with E-state index in [0.29, 0.717) is 16.3 Å². The number of benzene rings is 1. The topological polar surface area (TPSA) is 92.9 Å². The van der Waals surface area contributed by atoms with Crippen LogP contribution in [-0.2, 0) is 16.1 Å². The SMILES string of the molecule is CC(C)(C)OC(=O)N(CCC(=O)O)Cc1ccc(Cl)cc1N. The largest absolute Gasteiger partial charge is 0.481 e. The second kappa shape index (κ2) is 7.35. The number of hydrogen-bond donors (Lipinski definition) is 2. The summed E-state index contributed by atoms with van der Waals surface area (Å²) < 4.78 is 5.30. The molecule has 0 fully saturated rings. The molecule has 0 radical (unpaired) electrons. The molecule has 22 heavy (non-hydrogen) atoms. The molecule has 0 aliphatic carbocycles. The first-order chi connectivity index (χ1) is 10.1. The Hall–Kier alpha value is -1.95. The van der Waals surface area contributed by atoms with Gasteiger partial charge in [-0.15, -0.1) is 0 Å². The van der Waals surface area contributed by atoms with E-state index in [0.717, 1.165) is 0 Å². The number of carboxylic acids is 1. The lowest BCUT2D eigenvalue weighted by Gasteiger charge is -2.27. The van der Waals surface area contributed by atoms with Crippen molar-refractivity contribution in [3.63, 3.8) is 0 Å². The van der Waals surface area contributed by atoms with Crippen molar-refractivity contribution in [1.29, 1.82) is 0 Å². The average Bonchev–Trinajstić information content (AvgIpc) is 2.34. The highest BCUT2D eigenvalue weighted by Gasteiger charge is 2.23. The average molecular weight is 329 g/mol. The summed E-state index contributed by atoms with van der Waals surface area (Å²) in [5, 5.41) is 9.31. The van der Waals surface area contributed by atoms with Crippen LogP contribution in [0, 0.1) is 0 Å². The minimum absolute atomic E-state index is 0.0340. The van der Waals surface area contributed by atoms with Crippen LogP contribution in [0.5, 0.6) is 0 Å². The van der Waals surface area contributed by atoms with E-state index < -0.39 is 17.7 Å². The number of amides is 1. The van der Waals surface area contributed by atoms with Gasteiger partial charge in [0, 0.05) is 17.3 Å². The molecule has 0 atom stereocenters. The van der Waals surface area contributed by atoms with Crippen LogP contribution in [0.2, 0.25) is 5.02 Å². The number of nitrogens with zero attached hydrogens (tertiary/aromatic N) is 1. The van der Waals surface area contributed by atoms with Crippen LogP contribution in [0.1, 0.15) is 32.8 Å². The van der Waals surface area contributed by atoms with E-state index in [2.05, 4.69) is 0 Å². The first kappa shape index (κ1) is 18.1. The van der Waals surface area contributed by atoms with Crippen LogP contribution in [0.4, 0.5) is 10.5 Å². The fourth-order valence-electron chi connectivity index (χ4n) is 1.71. The molecule has 1 aromatic carbocycles. The molecule has 0 spiro atoms. The molecule has 122 valence electrons. The summed E-state index contributed by atoms with van der Waals surface area (Å²) in [5.41, 5.74) is 6.33. The monoisotopic (exact) mass is 328 g/mol. The fraction of sp³-hybridized carbons (Fsp3) is 0.467. The molecule has 0 unspecified atom stereocenters. The Morgan fingerprint density at radius 2 is 2.00 bits per heavy atom. The predicted molar refractivity (Wildman–Crippen MR) is 84.8 cm³/mol. The number of anilines is 1. The standard InChI is InChI=1S/C15H21ClN2O4/c1-15(2,3)22-14(21)18(7-6-13(19)20)9-10-4-5-11(16)8-12(10)17/h4-5,8H,6-7,9,17H2,1-3H3,(H,19,20). The van der Waals surface area contributed by atoms with E-state index in [1.165, 1.54) is 4.90 Å². The zero-order valence-corrected chi connectivity index (χ0v) is 13.7. The number of rotatable bonds is 5. The second-order valence-electron chi connectivity index (χ2n) is 5.89. The number of aliphatic carboxylic acids is 1. The Bertz CT molecular complexity index is 555. The van der Waals surface area contributed by atoms with Crippen molar-refractivity contribution >= 4 is 29.4 Å². The normalized spacial score (nSPS) is 11.1. The van der Waals surface area contributed by atoms with E-state index in [1.54, 1.807) is 39.0 Å². The Morgan fingerprint density at radius 1 is 1.36 bits per heavy atom. The lowest BCUT2D eigenvalue weighted by Crippen LogP contribution is -2.37. The first-order valence-corrected chi connectivity index (χ1v) is 7.20. The fourth-order valence-corrected chi connectivity index (χ4v) is 1.89. The molecule has 0 aromatic heterocycles. The van der Waals surface area contributed by atoms with Crippen LogP contribution >= 0.6 is 11.6 Å². The van der Waals surface area contributed by atoms with E-state index in [1.807, 2.05) is 0 Å². The molecule has 3 N–H and O–H groups in total.